The number of rotatable bonds is 3. The predicted molar refractivity (Wildman–Crippen MR) is 64.2 cm³/mol. The fourth-order valence-electron chi connectivity index (χ4n) is 1.14. The average molecular weight is 256 g/mol. The van der Waals surface area contributed by atoms with Gasteiger partial charge in [0.15, 0.2) is 5.16 Å². The van der Waals surface area contributed by atoms with Gasteiger partial charge >= 0.3 is 0 Å². The number of thioether (sulfide) groups is 1. The number of aromatic nitrogens is 4. The van der Waals surface area contributed by atoms with E-state index < -0.39 is 0 Å². The summed E-state index contributed by atoms with van der Waals surface area (Å²) in [6.07, 6.45) is 3.65. The molecule has 0 saturated heterocycles. The number of hydrogen-bond acceptors (Lipinski definition) is 5. The molecule has 0 fully saturated rings. The topological polar surface area (TPSA) is 69.6 Å². The second-order valence-electron chi connectivity index (χ2n) is 3.14. The van der Waals surface area contributed by atoms with Gasteiger partial charge in [-0.2, -0.15) is 0 Å². The van der Waals surface area contributed by atoms with Gasteiger partial charge in [0.1, 0.15) is 16.8 Å². The lowest BCUT2D eigenvalue weighted by Gasteiger charge is -2.02. The Morgan fingerprint density at radius 3 is 2.94 bits per heavy atom. The molecule has 84 valence electrons. The van der Waals surface area contributed by atoms with Crippen molar-refractivity contribution in [3.63, 3.8) is 0 Å². The molecule has 2 aromatic heterocycles. The molecule has 2 aromatic rings. The van der Waals surface area contributed by atoms with Crippen LogP contribution in [0, 0.1) is 0 Å². The number of halogens is 1. The number of anilines is 1. The van der Waals surface area contributed by atoms with E-state index in [0.717, 1.165) is 5.82 Å². The van der Waals surface area contributed by atoms with Gasteiger partial charge in [0.2, 0.25) is 0 Å². The van der Waals surface area contributed by atoms with E-state index in [1.807, 2.05) is 17.8 Å². The van der Waals surface area contributed by atoms with Crippen molar-refractivity contribution in [2.45, 2.75) is 10.9 Å². The Morgan fingerprint density at radius 1 is 1.50 bits per heavy atom. The van der Waals surface area contributed by atoms with Crippen molar-refractivity contribution >= 4 is 29.2 Å². The molecule has 0 bridgehead atoms. The van der Waals surface area contributed by atoms with Gasteiger partial charge in [-0.3, -0.25) is 0 Å². The predicted octanol–water partition coefficient (Wildman–Crippen LogP) is 1.74. The molecule has 0 radical (unpaired) electrons. The van der Waals surface area contributed by atoms with Gasteiger partial charge < -0.3 is 10.3 Å². The molecule has 2 rings (SSSR count). The molecule has 2 heterocycles. The Labute approximate surface area is 102 Å². The van der Waals surface area contributed by atoms with Crippen molar-refractivity contribution in [1.29, 1.82) is 0 Å². The van der Waals surface area contributed by atoms with Gasteiger partial charge in [-0.15, -0.1) is 0 Å². The monoisotopic (exact) mass is 255 g/mol. The molecule has 0 aliphatic heterocycles. The number of imidazole rings is 1. The van der Waals surface area contributed by atoms with Crippen molar-refractivity contribution in [2.24, 2.45) is 7.05 Å². The first-order valence-electron chi connectivity index (χ1n) is 4.54. The van der Waals surface area contributed by atoms with Gasteiger partial charge in [-0.05, 0) is 0 Å². The van der Waals surface area contributed by atoms with Crippen LogP contribution in [0.4, 0.5) is 5.82 Å². The first kappa shape index (κ1) is 11.2. The van der Waals surface area contributed by atoms with Crippen molar-refractivity contribution in [2.75, 3.05) is 5.73 Å². The van der Waals surface area contributed by atoms with E-state index in [4.69, 9.17) is 17.3 Å². The van der Waals surface area contributed by atoms with Crippen LogP contribution < -0.4 is 5.73 Å². The molecule has 0 amide bonds. The number of hydrogen-bond donors (Lipinski definition) is 1. The molecule has 0 unspecified atom stereocenters. The van der Waals surface area contributed by atoms with Crippen LogP contribution in [0.15, 0.2) is 23.6 Å². The summed E-state index contributed by atoms with van der Waals surface area (Å²) in [6, 6.07) is 1.52. The van der Waals surface area contributed by atoms with Gasteiger partial charge in [0.05, 0.1) is 5.75 Å². The summed E-state index contributed by atoms with van der Waals surface area (Å²) < 4.78 is 1.95. The largest absolute Gasteiger partial charge is 0.384 e. The molecule has 0 spiro atoms. The molecular weight excluding hydrogens is 246 g/mol. The van der Waals surface area contributed by atoms with Crippen LogP contribution in [-0.4, -0.2) is 19.5 Å². The van der Waals surface area contributed by atoms with E-state index in [9.17, 15) is 0 Å². The molecule has 5 nitrogen and oxygen atoms in total. The quantitative estimate of drug-likeness (QED) is 0.514. The van der Waals surface area contributed by atoms with E-state index in [1.165, 1.54) is 17.8 Å². The third-order valence-electron chi connectivity index (χ3n) is 1.95. The number of nitrogens with two attached hydrogens (primary N) is 1. The first-order chi connectivity index (χ1) is 7.65. The maximum Gasteiger partial charge on any atom is 0.191 e. The van der Waals surface area contributed by atoms with Gasteiger partial charge in [0.25, 0.3) is 0 Å². The van der Waals surface area contributed by atoms with Crippen LogP contribution in [0.5, 0.6) is 0 Å². The van der Waals surface area contributed by atoms with E-state index in [1.54, 1.807) is 6.20 Å². The Kier molecular flexibility index (Phi) is 3.31. The molecular formula is C9H10ClN5S. The van der Waals surface area contributed by atoms with E-state index in [2.05, 4.69) is 15.0 Å². The Morgan fingerprint density at radius 2 is 2.31 bits per heavy atom. The highest BCUT2D eigenvalue weighted by Gasteiger charge is 2.05. The lowest BCUT2D eigenvalue weighted by atomic mass is 10.6. The van der Waals surface area contributed by atoms with Crippen molar-refractivity contribution in [3.8, 4) is 0 Å². The lowest BCUT2D eigenvalue weighted by Crippen LogP contribution is -1.97. The molecule has 0 aliphatic carbocycles. The summed E-state index contributed by atoms with van der Waals surface area (Å²) in [4.78, 5) is 12.3. The maximum absolute atomic E-state index is 5.78. The lowest BCUT2D eigenvalue weighted by molar-refractivity contribution is 0.847. The summed E-state index contributed by atoms with van der Waals surface area (Å²) >= 11 is 7.23. The Hall–Kier alpha value is -1.27. The highest BCUT2D eigenvalue weighted by atomic mass is 35.5. The van der Waals surface area contributed by atoms with E-state index in [-0.39, 0.29) is 0 Å². The fraction of sp³-hybridized carbons (Fsp3) is 0.222. The SMILES string of the molecule is Cn1ccnc1CSc1nc(N)cc(Cl)n1. The molecule has 16 heavy (non-hydrogen) atoms. The van der Waals surface area contributed by atoms with E-state index in [0.29, 0.717) is 21.9 Å². The summed E-state index contributed by atoms with van der Waals surface area (Å²) in [6.45, 7) is 0. The third-order valence-corrected chi connectivity index (χ3v) is 2.98. The third kappa shape index (κ3) is 2.65. The standard InChI is InChI=1S/C9H10ClN5S/c1-15-3-2-12-8(15)5-16-9-13-6(10)4-7(11)14-9/h2-4H,5H2,1H3,(H2,11,13,14). The molecule has 0 saturated carbocycles. The zero-order valence-corrected chi connectivity index (χ0v) is 10.2. The van der Waals surface area contributed by atoms with Crippen LogP contribution >= 0.6 is 23.4 Å². The van der Waals surface area contributed by atoms with Crippen LogP contribution in [-0.2, 0) is 12.8 Å². The highest BCUT2D eigenvalue weighted by Crippen LogP contribution is 2.20. The number of nitrogens with zero attached hydrogens (tertiary/aromatic N) is 4. The van der Waals surface area contributed by atoms with Crippen molar-refractivity contribution in [3.05, 3.63) is 29.4 Å². The average Bonchev–Trinajstić information content (AvgIpc) is 2.59. The van der Waals surface area contributed by atoms with Crippen LogP contribution in [0.25, 0.3) is 0 Å². The van der Waals surface area contributed by atoms with Gasteiger partial charge in [0, 0.05) is 25.5 Å². The minimum absolute atomic E-state index is 0.356. The Bertz CT molecular complexity index is 478. The molecule has 0 aliphatic rings. The van der Waals surface area contributed by atoms with Crippen molar-refractivity contribution in [1.82, 2.24) is 19.5 Å². The van der Waals surface area contributed by atoms with Gasteiger partial charge in [-0.25, -0.2) is 15.0 Å². The van der Waals surface area contributed by atoms with Crippen LogP contribution in [0.2, 0.25) is 5.15 Å². The minimum atomic E-state index is 0.356. The van der Waals surface area contributed by atoms with Crippen LogP contribution in [0.1, 0.15) is 5.82 Å². The summed E-state index contributed by atoms with van der Waals surface area (Å²) in [5.74, 6) is 2.01. The van der Waals surface area contributed by atoms with Crippen molar-refractivity contribution < 1.29 is 0 Å². The second kappa shape index (κ2) is 4.71. The van der Waals surface area contributed by atoms with Gasteiger partial charge in [-0.1, -0.05) is 23.4 Å². The minimum Gasteiger partial charge on any atom is -0.384 e. The van der Waals surface area contributed by atoms with E-state index >= 15 is 0 Å². The zero-order valence-electron chi connectivity index (χ0n) is 8.59. The summed E-state index contributed by atoms with van der Waals surface area (Å²) in [5, 5.41) is 0.919. The fourth-order valence-corrected chi connectivity index (χ4v) is 2.25. The number of nitrogen functional groups attached to an aromatic ring is 1. The summed E-state index contributed by atoms with van der Waals surface area (Å²) in [7, 11) is 1.94. The second-order valence-corrected chi connectivity index (χ2v) is 4.47. The Balaban J connectivity index is 2.07. The first-order valence-corrected chi connectivity index (χ1v) is 5.90. The maximum atomic E-state index is 5.78. The zero-order chi connectivity index (χ0) is 11.5. The molecule has 7 heteroatoms. The van der Waals surface area contributed by atoms with Crippen LogP contribution in [0.3, 0.4) is 0 Å². The summed E-state index contributed by atoms with van der Waals surface area (Å²) in [5.41, 5.74) is 5.57. The molecule has 2 N–H and O–H groups in total. The molecule has 0 aromatic carbocycles. The highest BCUT2D eigenvalue weighted by molar-refractivity contribution is 7.98. The molecule has 0 atom stereocenters. The smallest absolute Gasteiger partial charge is 0.191 e. The number of aryl methyl sites for hydroxylation is 1. The normalized spacial score (nSPS) is 10.6.